The molecule has 3 nitrogen and oxygen atoms in total. The minimum absolute atomic E-state index is 0.301. The fourth-order valence-electron chi connectivity index (χ4n) is 2.21. The van der Waals surface area contributed by atoms with E-state index in [9.17, 15) is 4.79 Å². The summed E-state index contributed by atoms with van der Waals surface area (Å²) < 4.78 is 4.79. The molecule has 104 valence electrons. The van der Waals surface area contributed by atoms with Crippen molar-refractivity contribution in [1.82, 2.24) is 4.90 Å². The highest BCUT2D eigenvalue weighted by Crippen LogP contribution is 2.25. The molecule has 0 amide bonds. The van der Waals surface area contributed by atoms with Gasteiger partial charge in [0, 0.05) is 6.54 Å². The maximum absolute atomic E-state index is 11.7. The zero-order chi connectivity index (χ0) is 14.5. The third kappa shape index (κ3) is 3.25. The molecule has 0 bridgehead atoms. The molecule has 0 radical (unpaired) electrons. The van der Waals surface area contributed by atoms with Crippen LogP contribution in [0.5, 0.6) is 0 Å². The van der Waals surface area contributed by atoms with Gasteiger partial charge in [0.1, 0.15) is 0 Å². The fourth-order valence-corrected chi connectivity index (χ4v) is 2.21. The molecule has 0 atom stereocenters. The maximum atomic E-state index is 11.7. The Labute approximate surface area is 119 Å². The normalized spacial score (nSPS) is 10.6. The number of rotatable bonds is 4. The van der Waals surface area contributed by atoms with Crippen molar-refractivity contribution in [2.24, 2.45) is 0 Å². The lowest BCUT2D eigenvalue weighted by Crippen LogP contribution is -2.12. The van der Waals surface area contributed by atoms with Gasteiger partial charge in [-0.1, -0.05) is 36.4 Å². The van der Waals surface area contributed by atoms with Crippen molar-refractivity contribution >= 4 is 5.97 Å². The summed E-state index contributed by atoms with van der Waals surface area (Å²) in [7, 11) is 5.43. The van der Waals surface area contributed by atoms with Crippen molar-refractivity contribution in [2.75, 3.05) is 21.2 Å². The van der Waals surface area contributed by atoms with E-state index in [1.807, 2.05) is 50.5 Å². The fraction of sp³-hybridized carbons (Fsp3) is 0.235. The highest BCUT2D eigenvalue weighted by molar-refractivity contribution is 5.90. The van der Waals surface area contributed by atoms with Crippen LogP contribution in [0, 0.1) is 0 Å². The molecule has 2 aromatic carbocycles. The Morgan fingerprint density at radius 3 is 2.40 bits per heavy atom. The van der Waals surface area contributed by atoms with Crippen molar-refractivity contribution in [3.63, 3.8) is 0 Å². The van der Waals surface area contributed by atoms with Gasteiger partial charge in [-0.05, 0) is 42.9 Å². The van der Waals surface area contributed by atoms with Crippen molar-refractivity contribution in [2.45, 2.75) is 6.54 Å². The van der Waals surface area contributed by atoms with Crippen molar-refractivity contribution in [3.8, 4) is 11.1 Å². The van der Waals surface area contributed by atoms with Crippen molar-refractivity contribution in [1.29, 1.82) is 0 Å². The lowest BCUT2D eigenvalue weighted by Gasteiger charge is -2.15. The molecule has 2 rings (SSSR count). The number of nitrogens with zero attached hydrogens (tertiary/aromatic N) is 1. The van der Waals surface area contributed by atoms with Gasteiger partial charge in [-0.2, -0.15) is 0 Å². The van der Waals surface area contributed by atoms with Gasteiger partial charge in [0.25, 0.3) is 0 Å². The predicted molar refractivity (Wildman–Crippen MR) is 80.6 cm³/mol. The minimum atomic E-state index is -0.301. The van der Waals surface area contributed by atoms with Gasteiger partial charge >= 0.3 is 5.97 Å². The quantitative estimate of drug-likeness (QED) is 0.798. The lowest BCUT2D eigenvalue weighted by atomic mass is 9.97. The summed E-state index contributed by atoms with van der Waals surface area (Å²) in [5.74, 6) is -0.301. The van der Waals surface area contributed by atoms with Crippen LogP contribution in [0.4, 0.5) is 0 Å². The zero-order valence-electron chi connectivity index (χ0n) is 12.1. The summed E-state index contributed by atoms with van der Waals surface area (Å²) in [6.45, 7) is 0.773. The molecular weight excluding hydrogens is 250 g/mol. The Balaban J connectivity index is 2.48. The van der Waals surface area contributed by atoms with Crippen molar-refractivity contribution in [3.05, 3.63) is 59.7 Å². The van der Waals surface area contributed by atoms with Crippen LogP contribution in [0.25, 0.3) is 11.1 Å². The second-order valence-electron chi connectivity index (χ2n) is 4.97. The molecule has 0 fully saturated rings. The predicted octanol–water partition coefficient (Wildman–Crippen LogP) is 3.20. The Morgan fingerprint density at radius 1 is 1.10 bits per heavy atom. The Morgan fingerprint density at radius 2 is 1.80 bits per heavy atom. The Bertz CT molecular complexity index is 591. The van der Waals surface area contributed by atoms with E-state index < -0.39 is 0 Å². The van der Waals surface area contributed by atoms with Gasteiger partial charge in [-0.15, -0.1) is 0 Å². The number of hydrogen-bond donors (Lipinski definition) is 0. The van der Waals surface area contributed by atoms with Crippen LogP contribution in [0.1, 0.15) is 15.9 Å². The molecule has 3 heteroatoms. The first-order valence-corrected chi connectivity index (χ1v) is 6.53. The van der Waals surface area contributed by atoms with Crippen LogP contribution in [-0.2, 0) is 11.3 Å². The second-order valence-corrected chi connectivity index (χ2v) is 4.97. The van der Waals surface area contributed by atoms with E-state index >= 15 is 0 Å². The third-order valence-corrected chi connectivity index (χ3v) is 3.10. The first kappa shape index (κ1) is 14.3. The third-order valence-electron chi connectivity index (χ3n) is 3.10. The first-order valence-electron chi connectivity index (χ1n) is 6.53. The van der Waals surface area contributed by atoms with E-state index in [-0.39, 0.29) is 5.97 Å². The van der Waals surface area contributed by atoms with Crippen LogP contribution in [0.15, 0.2) is 48.5 Å². The van der Waals surface area contributed by atoms with Gasteiger partial charge in [0.15, 0.2) is 0 Å². The SMILES string of the molecule is COC(=O)c1ccc(-c2ccccc2)c(CN(C)C)c1. The molecule has 0 aromatic heterocycles. The van der Waals surface area contributed by atoms with E-state index in [4.69, 9.17) is 4.74 Å². The largest absolute Gasteiger partial charge is 0.465 e. The van der Waals surface area contributed by atoms with Crippen LogP contribution in [0.3, 0.4) is 0 Å². The van der Waals surface area contributed by atoms with E-state index in [2.05, 4.69) is 17.0 Å². The number of hydrogen-bond acceptors (Lipinski definition) is 3. The molecule has 0 spiro atoms. The molecule has 0 N–H and O–H groups in total. The second kappa shape index (κ2) is 6.35. The molecule has 0 saturated heterocycles. The number of esters is 1. The van der Waals surface area contributed by atoms with Crippen molar-refractivity contribution < 1.29 is 9.53 Å². The Kier molecular flexibility index (Phi) is 4.53. The van der Waals surface area contributed by atoms with Crippen LogP contribution < -0.4 is 0 Å². The summed E-state index contributed by atoms with van der Waals surface area (Å²) in [4.78, 5) is 13.7. The van der Waals surface area contributed by atoms with Gasteiger partial charge in [0.2, 0.25) is 0 Å². The summed E-state index contributed by atoms with van der Waals surface area (Å²) in [6, 6.07) is 15.9. The van der Waals surface area contributed by atoms with E-state index in [0.717, 1.165) is 23.2 Å². The van der Waals surface area contributed by atoms with E-state index in [0.29, 0.717) is 5.56 Å². The summed E-state index contributed by atoms with van der Waals surface area (Å²) in [6.07, 6.45) is 0. The smallest absolute Gasteiger partial charge is 0.337 e. The highest BCUT2D eigenvalue weighted by Gasteiger charge is 2.11. The molecule has 0 unspecified atom stereocenters. The first-order chi connectivity index (χ1) is 9.61. The van der Waals surface area contributed by atoms with Crippen LogP contribution >= 0.6 is 0 Å². The van der Waals surface area contributed by atoms with Gasteiger partial charge < -0.3 is 9.64 Å². The number of carbonyl (C=O) groups is 1. The molecule has 0 aliphatic rings. The topological polar surface area (TPSA) is 29.5 Å². The van der Waals surface area contributed by atoms with Gasteiger partial charge in [-0.25, -0.2) is 4.79 Å². The molecule has 0 saturated carbocycles. The number of methoxy groups -OCH3 is 1. The lowest BCUT2D eigenvalue weighted by molar-refractivity contribution is 0.0600. The standard InChI is InChI=1S/C17H19NO2/c1-18(2)12-15-11-14(17(19)20-3)9-10-16(15)13-7-5-4-6-8-13/h4-11H,12H2,1-3H3. The van der Waals surface area contributed by atoms with E-state index in [1.165, 1.54) is 7.11 Å². The summed E-state index contributed by atoms with van der Waals surface area (Å²) in [5, 5.41) is 0. The summed E-state index contributed by atoms with van der Waals surface area (Å²) >= 11 is 0. The van der Waals surface area contributed by atoms with E-state index in [1.54, 1.807) is 0 Å². The molecule has 0 heterocycles. The van der Waals surface area contributed by atoms with Crippen LogP contribution in [0.2, 0.25) is 0 Å². The number of carbonyl (C=O) groups excluding carboxylic acids is 1. The molecule has 0 aliphatic carbocycles. The van der Waals surface area contributed by atoms with Gasteiger partial charge in [0.05, 0.1) is 12.7 Å². The zero-order valence-corrected chi connectivity index (χ0v) is 12.1. The molecule has 20 heavy (non-hydrogen) atoms. The average Bonchev–Trinajstić information content (AvgIpc) is 2.46. The molecular formula is C17H19NO2. The molecule has 2 aromatic rings. The number of ether oxygens (including phenoxy) is 1. The monoisotopic (exact) mass is 269 g/mol. The Hall–Kier alpha value is -2.13. The van der Waals surface area contributed by atoms with Crippen LogP contribution in [-0.4, -0.2) is 32.1 Å². The number of benzene rings is 2. The van der Waals surface area contributed by atoms with Gasteiger partial charge in [-0.3, -0.25) is 0 Å². The maximum Gasteiger partial charge on any atom is 0.337 e. The molecule has 0 aliphatic heterocycles. The average molecular weight is 269 g/mol. The highest BCUT2D eigenvalue weighted by atomic mass is 16.5. The minimum Gasteiger partial charge on any atom is -0.465 e. The summed E-state index contributed by atoms with van der Waals surface area (Å²) in [5.41, 5.74) is 4.00.